The maximum absolute atomic E-state index is 13.4. The first-order valence-corrected chi connectivity index (χ1v) is 6.70. The van der Waals surface area contributed by atoms with Gasteiger partial charge in [-0.15, -0.1) is 0 Å². The van der Waals surface area contributed by atoms with Gasteiger partial charge in [-0.1, -0.05) is 4.40 Å². The lowest BCUT2D eigenvalue weighted by molar-refractivity contribution is -0.385. The molecule has 0 aliphatic rings. The average molecular weight is 286 g/mol. The lowest BCUT2D eigenvalue weighted by Gasteiger charge is -2.17. The average Bonchev–Trinajstić information content (AvgIpc) is 2.29. The Kier molecular flexibility index (Phi) is 5.02. The van der Waals surface area contributed by atoms with Crippen molar-refractivity contribution in [3.05, 3.63) is 39.7 Å². The van der Waals surface area contributed by atoms with Crippen molar-refractivity contribution in [2.75, 3.05) is 0 Å². The standard InChI is InChI=1S/C12H15FN2O3S/c1-12(2,3)19(18)14-7-6-9-8-10(15(16)17)4-5-11(9)13/h4-5,7-8H,6H2,1-3H3/b14-7+/t19-/m1/s1. The summed E-state index contributed by atoms with van der Waals surface area (Å²) in [6.07, 6.45) is 1.39. The number of hydrogen-bond acceptors (Lipinski definition) is 4. The third-order valence-corrected chi connectivity index (χ3v) is 3.63. The molecule has 0 saturated heterocycles. The molecule has 0 saturated carbocycles. The summed E-state index contributed by atoms with van der Waals surface area (Å²) in [6.45, 7) is 5.32. The van der Waals surface area contributed by atoms with Crippen LogP contribution in [0.5, 0.6) is 0 Å². The van der Waals surface area contributed by atoms with E-state index in [4.69, 9.17) is 0 Å². The Balaban J connectivity index is 2.80. The predicted octanol–water partition coefficient (Wildman–Crippen LogP) is 2.81. The largest absolute Gasteiger partial charge is 0.591 e. The molecule has 0 spiro atoms. The number of halogens is 1. The van der Waals surface area contributed by atoms with Crippen LogP contribution in [-0.2, 0) is 17.8 Å². The second-order valence-corrected chi connectivity index (χ2v) is 6.82. The Hall–Kier alpha value is -1.47. The molecule has 1 aromatic carbocycles. The Morgan fingerprint density at radius 2 is 2.11 bits per heavy atom. The Labute approximate surface area is 114 Å². The van der Waals surface area contributed by atoms with Crippen LogP contribution in [0.25, 0.3) is 0 Å². The predicted molar refractivity (Wildman–Crippen MR) is 73.1 cm³/mol. The second-order valence-electron chi connectivity index (χ2n) is 4.89. The molecule has 1 aromatic rings. The van der Waals surface area contributed by atoms with Crippen molar-refractivity contribution in [1.29, 1.82) is 0 Å². The Morgan fingerprint density at radius 3 is 2.63 bits per heavy atom. The molecule has 19 heavy (non-hydrogen) atoms. The zero-order valence-electron chi connectivity index (χ0n) is 10.9. The molecule has 1 atom stereocenters. The fraction of sp³-hybridized carbons (Fsp3) is 0.417. The van der Waals surface area contributed by atoms with Crippen molar-refractivity contribution >= 4 is 23.3 Å². The lowest BCUT2D eigenvalue weighted by Crippen LogP contribution is -2.25. The van der Waals surface area contributed by atoms with E-state index in [1.54, 1.807) is 20.8 Å². The van der Waals surface area contributed by atoms with Gasteiger partial charge in [0, 0.05) is 24.1 Å². The molecule has 0 fully saturated rings. The highest BCUT2D eigenvalue weighted by molar-refractivity contribution is 7.91. The summed E-state index contributed by atoms with van der Waals surface area (Å²) in [5.74, 6) is -0.543. The summed E-state index contributed by atoms with van der Waals surface area (Å²) in [4.78, 5) is 9.99. The van der Waals surface area contributed by atoms with E-state index in [0.29, 0.717) is 0 Å². The summed E-state index contributed by atoms with van der Waals surface area (Å²) < 4.78 is 28.4. The van der Waals surface area contributed by atoms with Crippen molar-refractivity contribution in [2.45, 2.75) is 31.9 Å². The molecular formula is C12H15FN2O3S. The van der Waals surface area contributed by atoms with Crippen LogP contribution in [0.15, 0.2) is 22.6 Å². The van der Waals surface area contributed by atoms with Crippen LogP contribution in [-0.4, -0.2) is 20.4 Å². The molecule has 0 bridgehead atoms. The summed E-state index contributed by atoms with van der Waals surface area (Å²) in [6, 6.07) is 3.30. The monoisotopic (exact) mass is 286 g/mol. The van der Waals surface area contributed by atoms with Gasteiger partial charge in [0.05, 0.1) is 11.1 Å². The van der Waals surface area contributed by atoms with Crippen LogP contribution in [0, 0.1) is 15.9 Å². The van der Waals surface area contributed by atoms with Crippen molar-refractivity contribution in [3.8, 4) is 0 Å². The molecule has 0 unspecified atom stereocenters. The number of rotatable bonds is 4. The van der Waals surface area contributed by atoms with Crippen molar-refractivity contribution in [1.82, 2.24) is 0 Å². The van der Waals surface area contributed by atoms with Gasteiger partial charge in [0.15, 0.2) is 0 Å². The molecule has 104 valence electrons. The molecule has 0 aromatic heterocycles. The highest BCUT2D eigenvalue weighted by Gasteiger charge is 2.25. The van der Waals surface area contributed by atoms with Gasteiger partial charge in [0.1, 0.15) is 21.9 Å². The normalized spacial score (nSPS) is 13.7. The second kappa shape index (κ2) is 6.12. The zero-order chi connectivity index (χ0) is 14.6. The highest BCUT2D eigenvalue weighted by Crippen LogP contribution is 2.18. The van der Waals surface area contributed by atoms with Crippen LogP contribution >= 0.6 is 0 Å². The van der Waals surface area contributed by atoms with E-state index in [-0.39, 0.29) is 17.7 Å². The first-order chi connectivity index (χ1) is 8.71. The molecular weight excluding hydrogens is 271 g/mol. The smallest absolute Gasteiger partial charge is 0.269 e. The van der Waals surface area contributed by atoms with Crippen LogP contribution in [0.2, 0.25) is 0 Å². The molecule has 0 heterocycles. The number of non-ortho nitro benzene ring substituents is 1. The van der Waals surface area contributed by atoms with Gasteiger partial charge in [-0.05, 0) is 26.8 Å². The SMILES string of the molecule is CC(C)(C)[S@@+]([O-])/N=C/Cc1cc([N+](=O)[O-])ccc1F. The van der Waals surface area contributed by atoms with E-state index in [0.717, 1.165) is 18.2 Å². The number of nitrogens with zero attached hydrogens (tertiary/aromatic N) is 2. The van der Waals surface area contributed by atoms with Gasteiger partial charge in [-0.25, -0.2) is 4.39 Å². The molecule has 0 aliphatic heterocycles. The Morgan fingerprint density at radius 1 is 1.47 bits per heavy atom. The van der Waals surface area contributed by atoms with Gasteiger partial charge in [-0.3, -0.25) is 10.1 Å². The van der Waals surface area contributed by atoms with Crippen LogP contribution in [0.1, 0.15) is 26.3 Å². The van der Waals surface area contributed by atoms with E-state index in [9.17, 15) is 19.1 Å². The number of nitro benzene ring substituents is 1. The third-order valence-electron chi connectivity index (χ3n) is 2.25. The third kappa shape index (κ3) is 4.60. The Bertz CT molecular complexity index is 500. The molecule has 0 N–H and O–H groups in total. The van der Waals surface area contributed by atoms with E-state index >= 15 is 0 Å². The van der Waals surface area contributed by atoms with Gasteiger partial charge in [0.2, 0.25) is 0 Å². The lowest BCUT2D eigenvalue weighted by atomic mass is 10.1. The maximum Gasteiger partial charge on any atom is 0.269 e. The molecule has 1 rings (SSSR count). The van der Waals surface area contributed by atoms with Crippen LogP contribution in [0.3, 0.4) is 0 Å². The molecule has 0 amide bonds. The minimum atomic E-state index is -1.42. The first-order valence-electron chi connectivity index (χ1n) is 5.59. The maximum atomic E-state index is 13.4. The molecule has 0 aliphatic carbocycles. The fourth-order valence-corrected chi connectivity index (χ4v) is 1.72. The van der Waals surface area contributed by atoms with Crippen molar-refractivity contribution in [3.63, 3.8) is 0 Å². The number of nitro groups is 1. The number of benzene rings is 1. The zero-order valence-corrected chi connectivity index (χ0v) is 11.7. The van der Waals surface area contributed by atoms with Gasteiger partial charge < -0.3 is 4.55 Å². The van der Waals surface area contributed by atoms with Gasteiger partial charge in [0.25, 0.3) is 5.69 Å². The summed E-state index contributed by atoms with van der Waals surface area (Å²) in [5.41, 5.74) is -0.0226. The van der Waals surface area contributed by atoms with E-state index in [1.165, 1.54) is 6.21 Å². The van der Waals surface area contributed by atoms with Crippen molar-refractivity contribution in [2.24, 2.45) is 4.40 Å². The van der Waals surface area contributed by atoms with Crippen molar-refractivity contribution < 1.29 is 13.9 Å². The van der Waals surface area contributed by atoms with E-state index in [2.05, 4.69) is 4.40 Å². The first kappa shape index (κ1) is 15.6. The van der Waals surface area contributed by atoms with Crippen LogP contribution in [0.4, 0.5) is 10.1 Å². The summed E-state index contributed by atoms with van der Waals surface area (Å²) in [7, 11) is 0. The van der Waals surface area contributed by atoms with E-state index < -0.39 is 26.8 Å². The topological polar surface area (TPSA) is 78.6 Å². The minimum Gasteiger partial charge on any atom is -0.591 e. The fourth-order valence-electron chi connectivity index (χ4n) is 1.19. The quantitative estimate of drug-likeness (QED) is 0.369. The minimum absolute atomic E-state index is 0.0648. The van der Waals surface area contributed by atoms with Gasteiger partial charge >= 0.3 is 0 Å². The van der Waals surface area contributed by atoms with E-state index in [1.807, 2.05) is 0 Å². The highest BCUT2D eigenvalue weighted by atomic mass is 32.2. The molecule has 7 heteroatoms. The molecule has 0 radical (unpaired) electrons. The number of hydrogen-bond donors (Lipinski definition) is 0. The van der Waals surface area contributed by atoms with Gasteiger partial charge in [-0.2, -0.15) is 0 Å². The summed E-state index contributed by atoms with van der Waals surface area (Å²) >= 11 is -1.42. The van der Waals surface area contributed by atoms with Crippen LogP contribution < -0.4 is 0 Å². The molecule has 5 nitrogen and oxygen atoms in total. The summed E-state index contributed by atoms with van der Waals surface area (Å²) in [5, 5.41) is 10.6.